The molecule has 1 aliphatic rings. The molecule has 2 heterocycles. The van der Waals surface area contributed by atoms with Gasteiger partial charge in [0, 0.05) is 22.4 Å². The molecule has 1 atom stereocenters. The summed E-state index contributed by atoms with van der Waals surface area (Å²) in [5.74, 6) is -1.68. The molecule has 0 spiro atoms. The molecule has 1 unspecified atom stereocenters. The van der Waals surface area contributed by atoms with Crippen molar-refractivity contribution in [3.05, 3.63) is 27.5 Å². The van der Waals surface area contributed by atoms with E-state index in [0.29, 0.717) is 4.88 Å². The molecular weight excluding hydrogens is 349 g/mol. The van der Waals surface area contributed by atoms with Gasteiger partial charge in [-0.1, -0.05) is 18.9 Å². The van der Waals surface area contributed by atoms with Crippen LogP contribution in [-0.4, -0.2) is 30.3 Å². The van der Waals surface area contributed by atoms with E-state index in [9.17, 15) is 22.8 Å². The zero-order valence-electron chi connectivity index (χ0n) is 12.4. The Kier molecular flexibility index (Phi) is 5.41. The van der Waals surface area contributed by atoms with Crippen LogP contribution in [0.1, 0.15) is 23.1 Å². The van der Waals surface area contributed by atoms with Crippen molar-refractivity contribution in [2.45, 2.75) is 32.0 Å². The Labute approximate surface area is 139 Å². The van der Waals surface area contributed by atoms with E-state index in [2.05, 4.69) is 4.72 Å². The minimum absolute atomic E-state index is 0.146. The third kappa shape index (κ3) is 3.89. The van der Waals surface area contributed by atoms with Gasteiger partial charge in [-0.05, 0) is 24.1 Å². The Bertz CT molecular complexity index is 653. The average molecular weight is 364 g/mol. The summed E-state index contributed by atoms with van der Waals surface area (Å²) in [5, 5.41) is 1.88. The molecule has 2 N–H and O–H groups in total. The zero-order chi connectivity index (χ0) is 17.2. The molecule has 0 radical (unpaired) electrons. The fourth-order valence-corrected chi connectivity index (χ4v) is 3.56. The number of rotatable bonds is 4. The molecule has 2 rings (SSSR count). The monoisotopic (exact) mass is 364 g/mol. The van der Waals surface area contributed by atoms with Crippen molar-refractivity contribution < 1.29 is 22.8 Å². The average Bonchev–Trinajstić information content (AvgIpc) is 2.94. The van der Waals surface area contributed by atoms with Crippen molar-refractivity contribution in [3.8, 4) is 0 Å². The number of nitrogens with one attached hydrogen (secondary N) is 2. The maximum atomic E-state index is 13.0. The Morgan fingerprint density at radius 1 is 1.48 bits per heavy atom. The summed E-state index contributed by atoms with van der Waals surface area (Å²) in [6.45, 7) is 1.93. The fourth-order valence-electron chi connectivity index (χ4n) is 2.26. The predicted octanol–water partition coefficient (Wildman–Crippen LogP) is 2.91. The lowest BCUT2D eigenvalue weighted by atomic mass is 9.93. The second-order valence-corrected chi connectivity index (χ2v) is 6.66. The highest BCUT2D eigenvalue weighted by atomic mass is 32.2. The number of aryl methyl sites for hydroxylation is 1. The van der Waals surface area contributed by atoms with E-state index >= 15 is 0 Å². The van der Waals surface area contributed by atoms with Crippen LogP contribution in [0.15, 0.2) is 17.7 Å². The van der Waals surface area contributed by atoms with Gasteiger partial charge in [-0.2, -0.15) is 13.2 Å². The molecule has 9 heteroatoms. The highest BCUT2D eigenvalue weighted by Crippen LogP contribution is 2.37. The first-order valence-corrected chi connectivity index (χ1v) is 8.85. The normalized spacial score (nSPS) is 18.8. The van der Waals surface area contributed by atoms with Gasteiger partial charge in [-0.25, -0.2) is 0 Å². The second kappa shape index (κ2) is 6.96. The lowest BCUT2D eigenvalue weighted by molar-refractivity contribution is -0.160. The smallest absolute Gasteiger partial charge is 0.340 e. The largest absolute Gasteiger partial charge is 0.408 e. The Morgan fingerprint density at radius 3 is 2.70 bits per heavy atom. The summed E-state index contributed by atoms with van der Waals surface area (Å²) in [4.78, 5) is 25.7. The second-order valence-electron chi connectivity index (χ2n) is 4.88. The number of amides is 2. The van der Waals surface area contributed by atoms with E-state index in [1.807, 2.05) is 12.2 Å². The first-order chi connectivity index (χ1) is 10.8. The molecule has 1 aromatic heterocycles. The van der Waals surface area contributed by atoms with Gasteiger partial charge in [-0.15, -0.1) is 11.3 Å². The maximum Gasteiger partial charge on any atom is 0.408 e. The van der Waals surface area contributed by atoms with Crippen molar-refractivity contribution in [2.75, 3.05) is 6.26 Å². The minimum atomic E-state index is -4.56. The fraction of sp³-hybridized carbons (Fsp3) is 0.429. The summed E-state index contributed by atoms with van der Waals surface area (Å²) < 4.78 is 41.4. The molecule has 2 amide bonds. The summed E-state index contributed by atoms with van der Waals surface area (Å²) >= 11 is 2.29. The molecule has 1 aromatic rings. The predicted molar refractivity (Wildman–Crippen MR) is 84.9 cm³/mol. The van der Waals surface area contributed by atoms with Crippen LogP contribution in [0, 0.1) is 0 Å². The van der Waals surface area contributed by atoms with Crippen molar-refractivity contribution >= 4 is 40.7 Å². The van der Waals surface area contributed by atoms with Gasteiger partial charge < -0.3 is 5.32 Å². The number of hydrogen-bond acceptors (Lipinski definition) is 4. The van der Waals surface area contributed by atoms with Crippen molar-refractivity contribution in [1.29, 1.82) is 0 Å². The third-order valence-corrected chi connectivity index (χ3v) is 5.05. The van der Waals surface area contributed by atoms with Crippen LogP contribution in [0.3, 0.4) is 0 Å². The lowest BCUT2D eigenvalue weighted by Crippen LogP contribution is -2.50. The Hall–Kier alpha value is -1.48. The van der Waals surface area contributed by atoms with Gasteiger partial charge in [0.2, 0.25) is 0 Å². The van der Waals surface area contributed by atoms with Gasteiger partial charge in [0.25, 0.3) is 11.8 Å². The van der Waals surface area contributed by atoms with Crippen LogP contribution >= 0.6 is 23.3 Å². The number of carbonyl (C=O) groups excluding carboxylic acids is 2. The van der Waals surface area contributed by atoms with Gasteiger partial charge in [-0.3, -0.25) is 14.3 Å². The van der Waals surface area contributed by atoms with Crippen LogP contribution in [0.25, 0.3) is 5.57 Å². The molecule has 0 fully saturated rings. The molecule has 0 aliphatic carbocycles. The highest BCUT2D eigenvalue weighted by molar-refractivity contribution is 7.97. The van der Waals surface area contributed by atoms with Crippen LogP contribution < -0.4 is 10.0 Å². The topological polar surface area (TPSA) is 58.2 Å². The maximum absolute atomic E-state index is 13.0. The molecule has 126 valence electrons. The van der Waals surface area contributed by atoms with E-state index in [1.54, 1.807) is 18.4 Å². The van der Waals surface area contributed by atoms with Crippen LogP contribution in [0.2, 0.25) is 0 Å². The SMILES string of the molecule is CCc1ccc(C2=C(C(=O)NSC)C(=O)NC(C(F)(F)F)C2)s1. The molecule has 1 aliphatic heterocycles. The number of carbonyl (C=O) groups is 2. The quantitative estimate of drug-likeness (QED) is 0.638. The third-order valence-electron chi connectivity index (χ3n) is 3.37. The first kappa shape index (κ1) is 17.9. The molecule has 23 heavy (non-hydrogen) atoms. The molecule has 0 bridgehead atoms. The minimum Gasteiger partial charge on any atom is -0.340 e. The van der Waals surface area contributed by atoms with Crippen LogP contribution in [-0.2, 0) is 16.0 Å². The summed E-state index contributed by atoms with van der Waals surface area (Å²) in [5.41, 5.74) is -0.100. The summed E-state index contributed by atoms with van der Waals surface area (Å²) in [6.07, 6.45) is -2.68. The Morgan fingerprint density at radius 2 is 2.17 bits per heavy atom. The van der Waals surface area contributed by atoms with E-state index in [1.165, 1.54) is 11.3 Å². The molecule has 0 aromatic carbocycles. The number of thiophene rings is 1. The van der Waals surface area contributed by atoms with Crippen molar-refractivity contribution in [3.63, 3.8) is 0 Å². The van der Waals surface area contributed by atoms with E-state index < -0.39 is 30.5 Å². The number of halogens is 3. The lowest BCUT2D eigenvalue weighted by Gasteiger charge is -2.28. The molecule has 4 nitrogen and oxygen atoms in total. The van der Waals surface area contributed by atoms with Gasteiger partial charge in [0.05, 0.1) is 0 Å². The van der Waals surface area contributed by atoms with E-state index in [4.69, 9.17) is 0 Å². The summed E-state index contributed by atoms with van der Waals surface area (Å²) in [7, 11) is 0. The van der Waals surface area contributed by atoms with Crippen LogP contribution in [0.5, 0.6) is 0 Å². The Balaban J connectivity index is 2.50. The van der Waals surface area contributed by atoms with Gasteiger partial charge in [0.15, 0.2) is 0 Å². The van der Waals surface area contributed by atoms with Gasteiger partial charge in [0.1, 0.15) is 11.6 Å². The van der Waals surface area contributed by atoms with Gasteiger partial charge >= 0.3 is 6.18 Å². The van der Waals surface area contributed by atoms with Crippen molar-refractivity contribution in [2.24, 2.45) is 0 Å². The highest BCUT2D eigenvalue weighted by Gasteiger charge is 2.45. The van der Waals surface area contributed by atoms with E-state index in [-0.39, 0.29) is 11.1 Å². The number of alkyl halides is 3. The first-order valence-electron chi connectivity index (χ1n) is 6.81. The van der Waals surface area contributed by atoms with E-state index in [0.717, 1.165) is 23.2 Å². The summed E-state index contributed by atoms with van der Waals surface area (Å²) in [6, 6.07) is 1.48. The zero-order valence-corrected chi connectivity index (χ0v) is 14.0. The van der Waals surface area contributed by atoms with Crippen molar-refractivity contribution in [1.82, 2.24) is 10.0 Å². The molecular formula is C14H15F3N2O2S2. The standard InChI is InChI=1S/C14H15F3N2O2S2/c1-3-7-4-5-9(23-7)8-6-10(14(15,16)17)18-12(20)11(8)13(21)19-22-2/h4-5,10H,3,6H2,1-2H3,(H,18,20)(H,19,21). The molecule has 0 saturated heterocycles. The number of hydrogen-bond donors (Lipinski definition) is 2. The van der Waals surface area contributed by atoms with Crippen LogP contribution in [0.4, 0.5) is 13.2 Å². The molecule has 0 saturated carbocycles.